The first-order valence-electron chi connectivity index (χ1n) is 9.65. The molecule has 1 aliphatic heterocycles. The van der Waals surface area contributed by atoms with E-state index in [9.17, 15) is 13.2 Å². The van der Waals surface area contributed by atoms with Gasteiger partial charge in [-0.15, -0.1) is 0 Å². The Morgan fingerprint density at radius 1 is 1.00 bits per heavy atom. The van der Waals surface area contributed by atoms with Gasteiger partial charge in [0, 0.05) is 19.6 Å². The van der Waals surface area contributed by atoms with Gasteiger partial charge < -0.3 is 10.6 Å². The van der Waals surface area contributed by atoms with Gasteiger partial charge in [0.2, 0.25) is 10.0 Å². The molecule has 0 bridgehead atoms. The number of hydrogen-bond donors (Lipinski definition) is 2. The topological polar surface area (TPSA) is 78.5 Å². The summed E-state index contributed by atoms with van der Waals surface area (Å²) in [6.45, 7) is 3.43. The van der Waals surface area contributed by atoms with Crippen molar-refractivity contribution in [3.8, 4) is 0 Å². The number of sulfonamides is 1. The number of carbonyl (C=O) groups is 1. The van der Waals surface area contributed by atoms with Gasteiger partial charge in [-0.1, -0.05) is 48.9 Å². The summed E-state index contributed by atoms with van der Waals surface area (Å²) in [5.74, 6) is 0. The van der Waals surface area contributed by atoms with Gasteiger partial charge in [0.05, 0.1) is 10.9 Å². The highest BCUT2D eigenvalue weighted by Gasteiger charge is 2.25. The van der Waals surface area contributed by atoms with E-state index in [0.29, 0.717) is 24.5 Å². The molecule has 7 heteroatoms. The average Bonchev–Trinajstić information content (AvgIpc) is 2.74. The maximum Gasteiger partial charge on any atom is 0.315 e. The van der Waals surface area contributed by atoms with E-state index in [4.69, 9.17) is 0 Å². The monoisotopic (exact) mass is 401 g/mol. The molecule has 2 amide bonds. The molecule has 1 unspecified atom stereocenters. The summed E-state index contributed by atoms with van der Waals surface area (Å²) in [6.07, 6.45) is 2.91. The average molecular weight is 402 g/mol. The molecular weight excluding hydrogens is 374 g/mol. The lowest BCUT2D eigenvalue weighted by Crippen LogP contribution is -2.36. The molecule has 2 N–H and O–H groups in total. The van der Waals surface area contributed by atoms with Crippen molar-refractivity contribution in [2.24, 2.45) is 0 Å². The van der Waals surface area contributed by atoms with Crippen LogP contribution < -0.4 is 10.6 Å². The number of nitrogens with one attached hydrogen (secondary N) is 2. The SMILES string of the molecule is CC(NC(=O)NCc1ccc(S(=O)(=O)N2CCCCC2)cc1)c1ccccc1. The fourth-order valence-corrected chi connectivity index (χ4v) is 4.81. The number of hydrogen-bond acceptors (Lipinski definition) is 3. The maximum atomic E-state index is 12.7. The van der Waals surface area contributed by atoms with Crippen LogP contribution in [-0.4, -0.2) is 31.8 Å². The predicted octanol–water partition coefficient (Wildman–Crippen LogP) is 3.42. The first kappa shape index (κ1) is 20.4. The zero-order valence-corrected chi connectivity index (χ0v) is 16.9. The third kappa shape index (κ3) is 5.11. The van der Waals surface area contributed by atoms with E-state index in [1.165, 1.54) is 0 Å². The van der Waals surface area contributed by atoms with Gasteiger partial charge in [-0.05, 0) is 43.0 Å². The van der Waals surface area contributed by atoms with Crippen molar-refractivity contribution in [2.45, 2.75) is 43.7 Å². The van der Waals surface area contributed by atoms with Crippen molar-refractivity contribution < 1.29 is 13.2 Å². The molecule has 1 aliphatic rings. The molecule has 1 fully saturated rings. The smallest absolute Gasteiger partial charge is 0.315 e. The molecule has 2 aromatic carbocycles. The van der Waals surface area contributed by atoms with Crippen LogP contribution in [0, 0.1) is 0 Å². The highest BCUT2D eigenvalue weighted by Crippen LogP contribution is 2.20. The van der Waals surface area contributed by atoms with Gasteiger partial charge in [-0.3, -0.25) is 0 Å². The largest absolute Gasteiger partial charge is 0.334 e. The number of amides is 2. The van der Waals surface area contributed by atoms with Crippen LogP contribution in [-0.2, 0) is 16.6 Å². The molecule has 28 heavy (non-hydrogen) atoms. The summed E-state index contributed by atoms with van der Waals surface area (Å²) in [5, 5.41) is 5.70. The van der Waals surface area contributed by atoms with Crippen molar-refractivity contribution in [3.05, 3.63) is 65.7 Å². The summed E-state index contributed by atoms with van der Waals surface area (Å²) < 4.78 is 26.9. The first-order valence-corrected chi connectivity index (χ1v) is 11.1. The molecule has 1 saturated heterocycles. The Labute approximate surface area is 167 Å². The summed E-state index contributed by atoms with van der Waals surface area (Å²) in [7, 11) is -3.42. The Bertz CT molecular complexity index is 877. The second-order valence-corrected chi connectivity index (χ2v) is 9.01. The van der Waals surface area contributed by atoms with Gasteiger partial charge in [-0.25, -0.2) is 13.2 Å². The minimum Gasteiger partial charge on any atom is -0.334 e. The molecule has 0 radical (unpaired) electrons. The Morgan fingerprint density at radius 3 is 2.29 bits per heavy atom. The summed E-state index contributed by atoms with van der Waals surface area (Å²) in [5.41, 5.74) is 1.88. The van der Waals surface area contributed by atoms with Crippen molar-refractivity contribution in [2.75, 3.05) is 13.1 Å². The Morgan fingerprint density at radius 2 is 1.64 bits per heavy atom. The second kappa shape index (κ2) is 9.21. The minimum absolute atomic E-state index is 0.0988. The molecule has 1 atom stereocenters. The van der Waals surface area contributed by atoms with Crippen molar-refractivity contribution >= 4 is 16.1 Å². The Kier molecular flexibility index (Phi) is 6.70. The molecule has 6 nitrogen and oxygen atoms in total. The molecule has 0 spiro atoms. The predicted molar refractivity (Wildman–Crippen MR) is 109 cm³/mol. The summed E-state index contributed by atoms with van der Waals surface area (Å²) >= 11 is 0. The molecule has 3 rings (SSSR count). The van der Waals surface area contributed by atoms with Gasteiger partial charge in [0.1, 0.15) is 0 Å². The van der Waals surface area contributed by atoms with Crippen molar-refractivity contribution in [3.63, 3.8) is 0 Å². The van der Waals surface area contributed by atoms with Gasteiger partial charge >= 0.3 is 6.03 Å². The molecule has 1 heterocycles. The number of nitrogens with zero attached hydrogens (tertiary/aromatic N) is 1. The minimum atomic E-state index is -3.42. The molecule has 150 valence electrons. The number of urea groups is 1. The zero-order valence-electron chi connectivity index (χ0n) is 16.1. The molecule has 0 aliphatic carbocycles. The molecule has 0 aromatic heterocycles. The van der Waals surface area contributed by atoms with Crippen LogP contribution in [0.1, 0.15) is 43.4 Å². The van der Waals surface area contributed by atoms with Crippen LogP contribution in [0.4, 0.5) is 4.79 Å². The molecular formula is C21H27N3O3S. The summed E-state index contributed by atoms with van der Waals surface area (Å²) in [6, 6.07) is 16.1. The third-order valence-corrected chi connectivity index (χ3v) is 6.89. The van der Waals surface area contributed by atoms with E-state index in [1.54, 1.807) is 28.6 Å². The zero-order chi connectivity index (χ0) is 20.0. The van der Waals surface area contributed by atoms with Crippen molar-refractivity contribution in [1.82, 2.24) is 14.9 Å². The van der Waals surface area contributed by atoms with E-state index in [0.717, 1.165) is 30.4 Å². The van der Waals surface area contributed by atoms with Crippen molar-refractivity contribution in [1.29, 1.82) is 0 Å². The number of benzene rings is 2. The Balaban J connectivity index is 1.53. The maximum absolute atomic E-state index is 12.7. The fraction of sp³-hybridized carbons (Fsp3) is 0.381. The highest BCUT2D eigenvalue weighted by molar-refractivity contribution is 7.89. The van der Waals surface area contributed by atoms with Crippen LogP contribution in [0.15, 0.2) is 59.5 Å². The lowest BCUT2D eigenvalue weighted by atomic mass is 10.1. The van der Waals surface area contributed by atoms with Gasteiger partial charge in [0.25, 0.3) is 0 Å². The quantitative estimate of drug-likeness (QED) is 0.778. The van der Waals surface area contributed by atoms with E-state index < -0.39 is 10.0 Å². The van der Waals surface area contributed by atoms with Crippen LogP contribution >= 0.6 is 0 Å². The fourth-order valence-electron chi connectivity index (χ4n) is 3.29. The van der Waals surface area contributed by atoms with E-state index in [1.807, 2.05) is 37.3 Å². The van der Waals surface area contributed by atoms with Crippen LogP contribution in [0.5, 0.6) is 0 Å². The standard InChI is InChI=1S/C21H27N3O3S/c1-17(19-8-4-2-5-9-19)23-21(25)22-16-18-10-12-20(13-11-18)28(26,27)24-14-6-3-7-15-24/h2,4-5,8-13,17H,3,6-7,14-16H2,1H3,(H2,22,23,25). The molecule has 2 aromatic rings. The normalized spacial score (nSPS) is 16.3. The van der Waals surface area contributed by atoms with E-state index >= 15 is 0 Å². The van der Waals surface area contributed by atoms with Gasteiger partial charge in [0.15, 0.2) is 0 Å². The van der Waals surface area contributed by atoms with Crippen LogP contribution in [0.25, 0.3) is 0 Å². The van der Waals surface area contributed by atoms with Crippen LogP contribution in [0.2, 0.25) is 0 Å². The second-order valence-electron chi connectivity index (χ2n) is 7.07. The number of carbonyl (C=O) groups excluding carboxylic acids is 1. The number of piperidine rings is 1. The lowest BCUT2D eigenvalue weighted by Gasteiger charge is -2.25. The first-order chi connectivity index (χ1) is 13.5. The van der Waals surface area contributed by atoms with Crippen LogP contribution in [0.3, 0.4) is 0 Å². The third-order valence-electron chi connectivity index (χ3n) is 4.98. The summed E-state index contributed by atoms with van der Waals surface area (Å²) in [4.78, 5) is 12.4. The van der Waals surface area contributed by atoms with Gasteiger partial charge in [-0.2, -0.15) is 4.31 Å². The van der Waals surface area contributed by atoms with E-state index in [-0.39, 0.29) is 12.1 Å². The number of rotatable bonds is 6. The molecule has 0 saturated carbocycles. The lowest BCUT2D eigenvalue weighted by molar-refractivity contribution is 0.237. The van der Waals surface area contributed by atoms with E-state index in [2.05, 4.69) is 10.6 Å². The highest BCUT2D eigenvalue weighted by atomic mass is 32.2. The Hall–Kier alpha value is -2.38.